The summed E-state index contributed by atoms with van der Waals surface area (Å²) in [5.74, 6) is 0.693. The molecule has 3 aromatic rings. The minimum absolute atomic E-state index is 0.0146. The van der Waals surface area contributed by atoms with Crippen molar-refractivity contribution in [1.82, 2.24) is 19.9 Å². The van der Waals surface area contributed by atoms with Gasteiger partial charge in [0.1, 0.15) is 0 Å². The van der Waals surface area contributed by atoms with Gasteiger partial charge < -0.3 is 19.5 Å². The zero-order valence-electron chi connectivity index (χ0n) is 18.0. The van der Waals surface area contributed by atoms with Gasteiger partial charge in [-0.25, -0.2) is 9.97 Å². The lowest BCUT2D eigenvalue weighted by Crippen LogP contribution is -2.45. The van der Waals surface area contributed by atoms with Crippen molar-refractivity contribution in [2.24, 2.45) is 0 Å². The molecular weight excluding hydrogens is 390 g/mol. The van der Waals surface area contributed by atoms with Gasteiger partial charge in [0.15, 0.2) is 0 Å². The summed E-state index contributed by atoms with van der Waals surface area (Å²) in [7, 11) is 0. The second-order valence-electron chi connectivity index (χ2n) is 8.42. The molecule has 160 valence electrons. The van der Waals surface area contributed by atoms with Crippen molar-refractivity contribution in [3.05, 3.63) is 53.9 Å². The first-order valence-electron chi connectivity index (χ1n) is 10.8. The summed E-state index contributed by atoms with van der Waals surface area (Å²) in [6.07, 6.45) is 2.76. The third kappa shape index (κ3) is 3.49. The molecule has 31 heavy (non-hydrogen) atoms. The average Bonchev–Trinajstić information content (AvgIpc) is 3.21. The molecule has 1 saturated heterocycles. The molecule has 7 heteroatoms. The van der Waals surface area contributed by atoms with Crippen LogP contribution in [0.25, 0.3) is 22.2 Å². The highest BCUT2D eigenvalue weighted by atomic mass is 16.5. The van der Waals surface area contributed by atoms with E-state index in [1.54, 1.807) is 6.92 Å². The van der Waals surface area contributed by atoms with E-state index in [9.17, 15) is 4.79 Å². The lowest BCUT2D eigenvalue weighted by molar-refractivity contribution is -0.128. The van der Waals surface area contributed by atoms with E-state index in [4.69, 9.17) is 14.7 Å². The molecule has 1 unspecified atom stereocenters. The van der Waals surface area contributed by atoms with Gasteiger partial charge in [-0.05, 0) is 26.3 Å². The molecule has 2 aliphatic rings. The highest BCUT2D eigenvalue weighted by Crippen LogP contribution is 2.35. The monoisotopic (exact) mass is 417 g/mol. The van der Waals surface area contributed by atoms with Gasteiger partial charge in [-0.1, -0.05) is 24.8 Å². The van der Waals surface area contributed by atoms with Gasteiger partial charge in [-0.15, -0.1) is 0 Å². The summed E-state index contributed by atoms with van der Waals surface area (Å²) in [4.78, 5) is 30.0. The fraction of sp³-hybridized carbons (Fsp3) is 0.375. The Bertz CT molecular complexity index is 1170. The number of morpholine rings is 1. The van der Waals surface area contributed by atoms with E-state index in [0.29, 0.717) is 37.8 Å². The molecule has 1 aromatic carbocycles. The molecule has 1 fully saturated rings. The van der Waals surface area contributed by atoms with E-state index in [1.165, 1.54) is 0 Å². The van der Waals surface area contributed by atoms with Crippen LogP contribution in [0, 0.1) is 0 Å². The quantitative estimate of drug-likeness (QED) is 0.662. The fourth-order valence-corrected chi connectivity index (χ4v) is 4.50. The minimum atomic E-state index is -0.0146. The second kappa shape index (κ2) is 7.81. The zero-order chi connectivity index (χ0) is 21.5. The molecule has 1 atom stereocenters. The average molecular weight is 418 g/mol. The number of ether oxygens (including phenoxy) is 1. The topological polar surface area (TPSA) is 74.3 Å². The molecule has 0 saturated carbocycles. The minimum Gasteiger partial charge on any atom is -0.377 e. The Hall–Kier alpha value is -3.19. The van der Waals surface area contributed by atoms with Crippen LogP contribution in [0.2, 0.25) is 0 Å². The third-order valence-corrected chi connectivity index (χ3v) is 6.17. The molecule has 2 aliphatic heterocycles. The van der Waals surface area contributed by atoms with E-state index in [-0.39, 0.29) is 11.9 Å². The number of hydrogen-bond donors (Lipinski definition) is 1. The number of amides is 1. The standard InChI is InChI=1S/C24H27N5O2/c1-15(2)23(30)28-9-8-18-21(13-28)26-24(29-10-11-31-14-16(29)3)27-22(18)19-12-25-20-7-5-4-6-17(19)20/h4-7,12,16,25H,1,8-11,13-14H2,2-3H3. The Balaban J connectivity index is 1.65. The number of carbonyl (C=O) groups excluding carboxylic acids is 1. The number of carbonyl (C=O) groups is 1. The Morgan fingerprint density at radius 3 is 2.90 bits per heavy atom. The van der Waals surface area contributed by atoms with Gasteiger partial charge in [-0.3, -0.25) is 4.79 Å². The number of benzene rings is 1. The fourth-order valence-electron chi connectivity index (χ4n) is 4.50. The van der Waals surface area contributed by atoms with E-state index >= 15 is 0 Å². The van der Waals surface area contributed by atoms with Crippen molar-refractivity contribution in [3.8, 4) is 11.3 Å². The first kappa shape index (κ1) is 19.8. The number of aromatic nitrogens is 3. The van der Waals surface area contributed by atoms with Crippen LogP contribution in [0.3, 0.4) is 0 Å². The highest BCUT2D eigenvalue weighted by molar-refractivity contribution is 5.96. The molecule has 2 aromatic heterocycles. The second-order valence-corrected chi connectivity index (χ2v) is 8.42. The SMILES string of the molecule is C=C(C)C(=O)N1CCc2c(nc(N3CCOCC3C)nc2-c2c[nH]c3ccccc23)C1. The number of nitrogens with zero attached hydrogens (tertiary/aromatic N) is 4. The number of nitrogens with one attached hydrogen (secondary N) is 1. The summed E-state index contributed by atoms with van der Waals surface area (Å²) in [6.45, 7) is 10.9. The van der Waals surface area contributed by atoms with Crippen LogP contribution in [0.4, 0.5) is 5.95 Å². The number of hydrogen-bond acceptors (Lipinski definition) is 5. The first-order chi connectivity index (χ1) is 15.0. The van der Waals surface area contributed by atoms with Crippen molar-refractivity contribution < 1.29 is 9.53 Å². The van der Waals surface area contributed by atoms with Crippen LogP contribution < -0.4 is 4.90 Å². The number of fused-ring (bicyclic) bond motifs is 2. The molecule has 7 nitrogen and oxygen atoms in total. The van der Waals surface area contributed by atoms with Crippen LogP contribution in [-0.2, 0) is 22.5 Å². The molecule has 1 N–H and O–H groups in total. The molecule has 5 rings (SSSR count). The van der Waals surface area contributed by atoms with Gasteiger partial charge in [0, 0.05) is 46.9 Å². The normalized spacial score (nSPS) is 18.8. The first-order valence-corrected chi connectivity index (χ1v) is 10.8. The number of aromatic amines is 1. The van der Waals surface area contributed by atoms with Crippen molar-refractivity contribution in [3.63, 3.8) is 0 Å². The molecule has 1 amide bonds. The highest BCUT2D eigenvalue weighted by Gasteiger charge is 2.29. The number of rotatable bonds is 3. The number of para-hydroxylation sites is 1. The van der Waals surface area contributed by atoms with Crippen molar-refractivity contribution in [1.29, 1.82) is 0 Å². The molecule has 0 spiro atoms. The van der Waals surface area contributed by atoms with Gasteiger partial charge in [0.25, 0.3) is 0 Å². The lowest BCUT2D eigenvalue weighted by atomic mass is 9.97. The lowest BCUT2D eigenvalue weighted by Gasteiger charge is -2.35. The third-order valence-electron chi connectivity index (χ3n) is 6.17. The number of H-pyrrole nitrogens is 1. The van der Waals surface area contributed by atoms with Gasteiger partial charge in [0.2, 0.25) is 11.9 Å². The van der Waals surface area contributed by atoms with Gasteiger partial charge >= 0.3 is 0 Å². The Morgan fingerprint density at radius 2 is 2.10 bits per heavy atom. The summed E-state index contributed by atoms with van der Waals surface area (Å²) >= 11 is 0. The maximum absolute atomic E-state index is 12.6. The van der Waals surface area contributed by atoms with Crippen LogP contribution >= 0.6 is 0 Å². The Kier molecular flexibility index (Phi) is 4.98. The molecule has 0 aliphatic carbocycles. The maximum atomic E-state index is 12.6. The largest absolute Gasteiger partial charge is 0.377 e. The van der Waals surface area contributed by atoms with Crippen molar-refractivity contribution >= 4 is 22.8 Å². The van der Waals surface area contributed by atoms with E-state index in [0.717, 1.165) is 46.4 Å². The summed E-state index contributed by atoms with van der Waals surface area (Å²) < 4.78 is 5.62. The molecular formula is C24H27N5O2. The summed E-state index contributed by atoms with van der Waals surface area (Å²) in [6, 6.07) is 8.46. The predicted octanol–water partition coefficient (Wildman–Crippen LogP) is 3.31. The Morgan fingerprint density at radius 1 is 1.26 bits per heavy atom. The van der Waals surface area contributed by atoms with E-state index in [2.05, 4.69) is 35.5 Å². The van der Waals surface area contributed by atoms with Crippen molar-refractivity contribution in [2.45, 2.75) is 32.9 Å². The zero-order valence-corrected chi connectivity index (χ0v) is 18.0. The maximum Gasteiger partial charge on any atom is 0.249 e. The van der Waals surface area contributed by atoms with Gasteiger partial charge in [-0.2, -0.15) is 0 Å². The van der Waals surface area contributed by atoms with E-state index in [1.807, 2.05) is 23.2 Å². The summed E-state index contributed by atoms with van der Waals surface area (Å²) in [5.41, 5.74) is 5.72. The summed E-state index contributed by atoms with van der Waals surface area (Å²) in [5, 5.41) is 1.14. The molecule has 0 bridgehead atoms. The molecule has 0 radical (unpaired) electrons. The van der Waals surface area contributed by atoms with Crippen molar-refractivity contribution in [2.75, 3.05) is 31.2 Å². The van der Waals surface area contributed by atoms with Gasteiger partial charge in [0.05, 0.1) is 37.2 Å². The smallest absolute Gasteiger partial charge is 0.249 e. The molecule has 4 heterocycles. The predicted molar refractivity (Wildman–Crippen MR) is 121 cm³/mol. The number of anilines is 1. The van der Waals surface area contributed by atoms with Crippen LogP contribution in [0.5, 0.6) is 0 Å². The Labute approximate surface area is 181 Å². The van der Waals surface area contributed by atoms with Crippen LogP contribution in [0.15, 0.2) is 42.6 Å². The van der Waals surface area contributed by atoms with E-state index < -0.39 is 0 Å². The van der Waals surface area contributed by atoms with Crippen LogP contribution in [-0.4, -0.2) is 58.1 Å². The van der Waals surface area contributed by atoms with Crippen LogP contribution in [0.1, 0.15) is 25.1 Å².